The minimum atomic E-state index is -2.89. The van der Waals surface area contributed by atoms with Gasteiger partial charge in [-0.05, 0) is 32.2 Å². The van der Waals surface area contributed by atoms with E-state index in [2.05, 4.69) is 10.2 Å². The summed E-state index contributed by atoms with van der Waals surface area (Å²) in [5.74, 6) is 0.598. The first kappa shape index (κ1) is 15.7. The molecule has 0 aromatic carbocycles. The maximum absolute atomic E-state index is 12.0. The van der Waals surface area contributed by atoms with Gasteiger partial charge in [0.05, 0.1) is 17.4 Å². The van der Waals surface area contributed by atoms with Crippen LogP contribution in [0.1, 0.15) is 25.7 Å². The Kier molecular flexibility index (Phi) is 5.40. The number of carbonyl (C=O) groups excluding carboxylic acids is 1. The van der Waals surface area contributed by atoms with Crippen LogP contribution in [0.2, 0.25) is 0 Å². The number of hydrogen-bond donors (Lipinski definition) is 2. The van der Waals surface area contributed by atoms with Crippen molar-refractivity contribution in [3.8, 4) is 0 Å². The molecule has 0 aromatic rings. The predicted molar refractivity (Wildman–Crippen MR) is 78.0 cm³/mol. The highest BCUT2D eigenvalue weighted by molar-refractivity contribution is 7.91. The summed E-state index contributed by atoms with van der Waals surface area (Å²) >= 11 is 0. The highest BCUT2D eigenvalue weighted by atomic mass is 32.2. The maximum Gasteiger partial charge on any atom is 0.224 e. The number of piperidine rings is 1. The van der Waals surface area contributed by atoms with Crippen molar-refractivity contribution in [3.63, 3.8) is 0 Å². The van der Waals surface area contributed by atoms with E-state index in [1.54, 1.807) is 0 Å². The SMILES string of the molecule is NCCNC(=O)C1CCCN(C2CCCS(=O)(=O)C2)C1. The number of nitrogens with one attached hydrogen (secondary N) is 1. The van der Waals surface area contributed by atoms with Crippen molar-refractivity contribution in [3.05, 3.63) is 0 Å². The molecule has 0 spiro atoms. The van der Waals surface area contributed by atoms with E-state index in [1.165, 1.54) is 0 Å². The van der Waals surface area contributed by atoms with E-state index in [1.807, 2.05) is 0 Å². The Morgan fingerprint density at radius 1 is 1.30 bits per heavy atom. The van der Waals surface area contributed by atoms with Crippen LogP contribution in [0.5, 0.6) is 0 Å². The average Bonchev–Trinajstić information content (AvgIpc) is 2.44. The summed E-state index contributed by atoms with van der Waals surface area (Å²) in [5, 5.41) is 2.83. The first-order chi connectivity index (χ1) is 9.52. The van der Waals surface area contributed by atoms with Crippen molar-refractivity contribution in [1.29, 1.82) is 0 Å². The van der Waals surface area contributed by atoms with Gasteiger partial charge < -0.3 is 11.1 Å². The highest BCUT2D eigenvalue weighted by Gasteiger charge is 2.33. The van der Waals surface area contributed by atoms with Crippen LogP contribution in [-0.4, -0.2) is 63.0 Å². The van der Waals surface area contributed by atoms with E-state index in [0.29, 0.717) is 25.4 Å². The van der Waals surface area contributed by atoms with E-state index >= 15 is 0 Å². The molecule has 7 heteroatoms. The van der Waals surface area contributed by atoms with Crippen LogP contribution in [0, 0.1) is 5.92 Å². The zero-order valence-corrected chi connectivity index (χ0v) is 12.7. The minimum Gasteiger partial charge on any atom is -0.355 e. The van der Waals surface area contributed by atoms with E-state index in [9.17, 15) is 13.2 Å². The number of nitrogens with two attached hydrogens (primary N) is 1. The average molecular weight is 303 g/mol. The number of nitrogens with zero attached hydrogens (tertiary/aromatic N) is 1. The summed E-state index contributed by atoms with van der Waals surface area (Å²) < 4.78 is 23.5. The van der Waals surface area contributed by atoms with Gasteiger partial charge in [-0.2, -0.15) is 0 Å². The predicted octanol–water partition coefficient (Wildman–Crippen LogP) is -0.649. The molecule has 0 saturated carbocycles. The molecule has 116 valence electrons. The summed E-state index contributed by atoms with van der Waals surface area (Å²) in [7, 11) is -2.89. The van der Waals surface area contributed by atoms with E-state index < -0.39 is 9.84 Å². The molecule has 2 fully saturated rings. The largest absolute Gasteiger partial charge is 0.355 e. The normalized spacial score (nSPS) is 30.9. The third-order valence-electron chi connectivity index (χ3n) is 4.22. The van der Waals surface area contributed by atoms with Crippen LogP contribution in [0.25, 0.3) is 0 Å². The fraction of sp³-hybridized carbons (Fsp3) is 0.923. The number of rotatable bonds is 4. The number of likely N-dealkylation sites (tertiary alicyclic amines) is 1. The van der Waals surface area contributed by atoms with Gasteiger partial charge >= 0.3 is 0 Å². The molecule has 0 bridgehead atoms. The zero-order chi connectivity index (χ0) is 14.6. The molecule has 6 nitrogen and oxygen atoms in total. The van der Waals surface area contributed by atoms with Gasteiger partial charge in [0.1, 0.15) is 0 Å². The summed E-state index contributed by atoms with van der Waals surface area (Å²) in [4.78, 5) is 14.2. The standard InChI is InChI=1S/C13H25N3O3S/c14-5-6-15-13(17)11-3-1-7-16(9-11)12-4-2-8-20(18,19)10-12/h11-12H,1-10,14H2,(H,15,17). The second-order valence-electron chi connectivity index (χ2n) is 5.82. The molecule has 2 aliphatic rings. The minimum absolute atomic E-state index is 0.0278. The van der Waals surface area contributed by atoms with E-state index in [-0.39, 0.29) is 23.6 Å². The molecule has 2 saturated heterocycles. The molecule has 0 radical (unpaired) electrons. The van der Waals surface area contributed by atoms with Crippen molar-refractivity contribution < 1.29 is 13.2 Å². The molecular formula is C13H25N3O3S. The Morgan fingerprint density at radius 2 is 2.10 bits per heavy atom. The first-order valence-electron chi connectivity index (χ1n) is 7.44. The molecule has 20 heavy (non-hydrogen) atoms. The van der Waals surface area contributed by atoms with Crippen LogP contribution in [-0.2, 0) is 14.6 Å². The van der Waals surface area contributed by atoms with Crippen molar-refractivity contribution in [2.75, 3.05) is 37.7 Å². The molecule has 3 N–H and O–H groups in total. The van der Waals surface area contributed by atoms with Gasteiger partial charge in [0.25, 0.3) is 0 Å². The van der Waals surface area contributed by atoms with Crippen molar-refractivity contribution >= 4 is 15.7 Å². The van der Waals surface area contributed by atoms with Crippen LogP contribution in [0.4, 0.5) is 0 Å². The molecule has 2 rings (SSSR count). The van der Waals surface area contributed by atoms with Crippen LogP contribution in [0.15, 0.2) is 0 Å². The Balaban J connectivity index is 1.91. The fourth-order valence-corrected chi connectivity index (χ4v) is 4.92. The Hall–Kier alpha value is -0.660. The van der Waals surface area contributed by atoms with Gasteiger partial charge in [-0.1, -0.05) is 0 Å². The quantitative estimate of drug-likeness (QED) is 0.720. The number of sulfone groups is 1. The summed E-state index contributed by atoms with van der Waals surface area (Å²) in [6.07, 6.45) is 3.51. The van der Waals surface area contributed by atoms with Crippen molar-refractivity contribution in [2.45, 2.75) is 31.7 Å². The lowest BCUT2D eigenvalue weighted by atomic mass is 9.95. The van der Waals surface area contributed by atoms with E-state index in [0.717, 1.165) is 32.2 Å². The van der Waals surface area contributed by atoms with Crippen LogP contribution < -0.4 is 11.1 Å². The molecule has 2 unspecified atom stereocenters. The van der Waals surface area contributed by atoms with Gasteiger partial charge in [-0.3, -0.25) is 9.69 Å². The lowest BCUT2D eigenvalue weighted by Crippen LogP contribution is -2.51. The Bertz CT molecular complexity index is 438. The summed E-state index contributed by atoms with van der Waals surface area (Å²) in [6.45, 7) is 2.54. The number of carbonyl (C=O) groups is 1. The smallest absolute Gasteiger partial charge is 0.224 e. The molecule has 2 heterocycles. The molecule has 2 aliphatic heterocycles. The molecule has 2 atom stereocenters. The van der Waals surface area contributed by atoms with Crippen LogP contribution in [0.3, 0.4) is 0 Å². The molecule has 0 aliphatic carbocycles. The maximum atomic E-state index is 12.0. The second kappa shape index (κ2) is 6.87. The number of amides is 1. The fourth-order valence-electron chi connectivity index (χ4n) is 3.18. The number of hydrogen-bond acceptors (Lipinski definition) is 5. The van der Waals surface area contributed by atoms with Crippen molar-refractivity contribution in [1.82, 2.24) is 10.2 Å². The van der Waals surface area contributed by atoms with Crippen LogP contribution >= 0.6 is 0 Å². The van der Waals surface area contributed by atoms with Crippen molar-refractivity contribution in [2.24, 2.45) is 11.7 Å². The van der Waals surface area contributed by atoms with Gasteiger partial charge in [0, 0.05) is 25.7 Å². The third-order valence-corrected chi connectivity index (χ3v) is 6.03. The highest BCUT2D eigenvalue weighted by Crippen LogP contribution is 2.24. The lowest BCUT2D eigenvalue weighted by Gasteiger charge is -2.39. The van der Waals surface area contributed by atoms with Gasteiger partial charge in [0.15, 0.2) is 9.84 Å². The van der Waals surface area contributed by atoms with Gasteiger partial charge in [-0.15, -0.1) is 0 Å². The topological polar surface area (TPSA) is 92.5 Å². The first-order valence-corrected chi connectivity index (χ1v) is 9.26. The molecule has 0 aromatic heterocycles. The summed E-state index contributed by atoms with van der Waals surface area (Å²) in [6, 6.07) is 0.0962. The Morgan fingerprint density at radius 3 is 2.80 bits per heavy atom. The summed E-state index contributed by atoms with van der Waals surface area (Å²) in [5.41, 5.74) is 5.39. The van der Waals surface area contributed by atoms with Gasteiger partial charge in [-0.25, -0.2) is 8.42 Å². The van der Waals surface area contributed by atoms with E-state index in [4.69, 9.17) is 5.73 Å². The second-order valence-corrected chi connectivity index (χ2v) is 8.05. The molecular weight excluding hydrogens is 278 g/mol. The zero-order valence-electron chi connectivity index (χ0n) is 11.9. The van der Waals surface area contributed by atoms with Gasteiger partial charge in [0.2, 0.25) is 5.91 Å². The Labute approximate surface area is 121 Å². The lowest BCUT2D eigenvalue weighted by molar-refractivity contribution is -0.126. The monoisotopic (exact) mass is 303 g/mol. The third kappa shape index (κ3) is 4.17. The molecule has 1 amide bonds.